The molecule has 0 unspecified atom stereocenters. The van der Waals surface area contributed by atoms with Gasteiger partial charge in [0, 0.05) is 62.2 Å². The van der Waals surface area contributed by atoms with E-state index in [4.69, 9.17) is 4.74 Å². The zero-order valence-corrected chi connectivity index (χ0v) is 36.0. The summed E-state index contributed by atoms with van der Waals surface area (Å²) >= 11 is 0. The lowest BCUT2D eigenvalue weighted by Gasteiger charge is -2.44. The highest BCUT2D eigenvalue weighted by atomic mass is 16.5. The number of hydrogen-bond acceptors (Lipinski definition) is 3. The second kappa shape index (κ2) is 12.4. The number of hydrogen-bond donors (Lipinski definition) is 0. The largest absolute Gasteiger partial charge is 0.458 e. The molecule has 4 aliphatic heterocycles. The van der Waals surface area contributed by atoms with Crippen LogP contribution in [0.25, 0.3) is 27.5 Å². The molecule has 9 aromatic rings. The molecule has 296 valence electrons. The van der Waals surface area contributed by atoms with E-state index >= 15 is 0 Å². The maximum Gasteiger partial charge on any atom is 0.256 e. The topological polar surface area (TPSA) is 20.6 Å². The van der Waals surface area contributed by atoms with Crippen molar-refractivity contribution in [2.24, 2.45) is 0 Å². The van der Waals surface area contributed by atoms with Gasteiger partial charge < -0.3 is 19.1 Å². The second-order valence-corrected chi connectivity index (χ2v) is 19.7. The van der Waals surface area contributed by atoms with Crippen LogP contribution < -0.4 is 47.3 Å². The predicted octanol–water partition coefficient (Wildman–Crippen LogP) is 10.4. The minimum Gasteiger partial charge on any atom is -0.458 e. The molecule has 8 aromatic carbocycles. The lowest BCUT2D eigenvalue weighted by molar-refractivity contribution is 0.483. The summed E-state index contributed by atoms with van der Waals surface area (Å²) in [5, 5.41) is 2.59. The summed E-state index contributed by atoms with van der Waals surface area (Å²) in [6.07, 6.45) is 0. The summed E-state index contributed by atoms with van der Waals surface area (Å²) in [5.41, 5.74) is 21.0. The van der Waals surface area contributed by atoms with Crippen LogP contribution in [-0.4, -0.2) is 18.0 Å². The van der Waals surface area contributed by atoms with Crippen molar-refractivity contribution in [1.29, 1.82) is 0 Å². The molecule has 0 radical (unpaired) electrons. The van der Waals surface area contributed by atoms with Gasteiger partial charge in [-0.15, -0.1) is 0 Å². The molecule has 62 heavy (non-hydrogen) atoms. The Morgan fingerprint density at radius 3 is 1.69 bits per heavy atom. The predicted molar refractivity (Wildman–Crippen MR) is 263 cm³/mol. The summed E-state index contributed by atoms with van der Waals surface area (Å²) in [5.74, 6) is 1.85. The number of anilines is 6. The molecule has 5 heterocycles. The minimum absolute atomic E-state index is 0.00132. The van der Waals surface area contributed by atoms with E-state index in [-0.39, 0.29) is 24.3 Å². The van der Waals surface area contributed by atoms with Crippen molar-refractivity contribution in [2.75, 3.05) is 9.80 Å². The average Bonchev–Trinajstić information content (AvgIpc) is 3.62. The van der Waals surface area contributed by atoms with E-state index in [1.807, 2.05) is 0 Å². The molecule has 0 bridgehead atoms. The number of para-hydroxylation sites is 5. The quantitative estimate of drug-likeness (QED) is 0.163. The third-order valence-corrected chi connectivity index (χ3v) is 14.1. The fraction of sp³-hybridized carbons (Fsp3) is 0.143. The van der Waals surface area contributed by atoms with Crippen molar-refractivity contribution in [3.8, 4) is 17.2 Å². The first-order chi connectivity index (χ1) is 30.0. The van der Waals surface area contributed by atoms with Crippen LogP contribution in [0.3, 0.4) is 0 Å². The molecule has 4 nitrogen and oxygen atoms in total. The first-order valence-electron chi connectivity index (χ1n) is 22.1. The van der Waals surface area contributed by atoms with Crippen LogP contribution in [0.5, 0.6) is 11.5 Å². The zero-order valence-electron chi connectivity index (χ0n) is 36.0. The second-order valence-electron chi connectivity index (χ2n) is 19.7. The van der Waals surface area contributed by atoms with Gasteiger partial charge in [0.1, 0.15) is 11.5 Å². The van der Waals surface area contributed by atoms with Crippen LogP contribution in [0.15, 0.2) is 164 Å². The number of fused-ring (bicyclic) bond motifs is 11. The SMILES string of the molecule is CC(C)(C)c1cc2c3c(c1)N(c1ccccc1)c1ccccc1B3c1cc3c(cc1O2)N(c1ccccc1)c1cc(C(C)(C)C)cc2c1B3c1cccc3c4ccccc4n-2c13. The molecule has 0 aliphatic carbocycles. The van der Waals surface area contributed by atoms with Crippen molar-refractivity contribution in [1.82, 2.24) is 4.57 Å². The van der Waals surface area contributed by atoms with E-state index in [0.29, 0.717) is 0 Å². The first-order valence-corrected chi connectivity index (χ1v) is 22.1. The lowest BCUT2D eigenvalue weighted by Crippen LogP contribution is -2.64. The maximum atomic E-state index is 7.38. The van der Waals surface area contributed by atoms with Gasteiger partial charge in [-0.05, 0) is 115 Å². The Morgan fingerprint density at radius 1 is 0.403 bits per heavy atom. The van der Waals surface area contributed by atoms with E-state index in [2.05, 4.69) is 220 Å². The Morgan fingerprint density at radius 2 is 0.968 bits per heavy atom. The highest BCUT2D eigenvalue weighted by Gasteiger charge is 2.47. The summed E-state index contributed by atoms with van der Waals surface area (Å²) in [7, 11) is 0. The Hall–Kier alpha value is -6.91. The molecule has 4 aliphatic rings. The third kappa shape index (κ3) is 4.81. The van der Waals surface area contributed by atoms with E-state index < -0.39 is 0 Å². The Balaban J connectivity index is 1.15. The van der Waals surface area contributed by atoms with Crippen LogP contribution in [0.4, 0.5) is 34.1 Å². The fourth-order valence-electron chi connectivity index (χ4n) is 11.2. The van der Waals surface area contributed by atoms with Crippen LogP contribution in [-0.2, 0) is 10.8 Å². The molecule has 0 amide bonds. The molecule has 0 saturated carbocycles. The molecule has 0 fully saturated rings. The van der Waals surface area contributed by atoms with Crippen molar-refractivity contribution >= 4 is 102 Å². The number of aromatic nitrogens is 1. The lowest BCUT2D eigenvalue weighted by atomic mass is 9.30. The minimum atomic E-state index is -0.0966. The van der Waals surface area contributed by atoms with Crippen LogP contribution in [0.1, 0.15) is 52.7 Å². The van der Waals surface area contributed by atoms with E-state index in [1.165, 1.54) is 88.5 Å². The maximum absolute atomic E-state index is 7.38. The van der Waals surface area contributed by atoms with Crippen molar-refractivity contribution < 1.29 is 4.74 Å². The smallest absolute Gasteiger partial charge is 0.256 e. The van der Waals surface area contributed by atoms with Gasteiger partial charge in [0.15, 0.2) is 0 Å². The first kappa shape index (κ1) is 35.8. The van der Waals surface area contributed by atoms with Crippen LogP contribution in [0.2, 0.25) is 0 Å². The number of ether oxygens (including phenoxy) is 1. The summed E-state index contributed by atoms with van der Waals surface area (Å²) in [6.45, 7) is 13.9. The van der Waals surface area contributed by atoms with E-state index in [1.54, 1.807) is 0 Å². The number of rotatable bonds is 2. The Bertz CT molecular complexity index is 3380. The van der Waals surface area contributed by atoms with Crippen LogP contribution >= 0.6 is 0 Å². The summed E-state index contributed by atoms with van der Waals surface area (Å²) in [4.78, 5) is 4.98. The average molecular weight is 798 g/mol. The monoisotopic (exact) mass is 797 g/mol. The third-order valence-electron chi connectivity index (χ3n) is 14.1. The van der Waals surface area contributed by atoms with Crippen molar-refractivity contribution in [3.63, 3.8) is 0 Å². The van der Waals surface area contributed by atoms with E-state index in [0.717, 1.165) is 28.6 Å². The van der Waals surface area contributed by atoms with Gasteiger partial charge >= 0.3 is 0 Å². The van der Waals surface area contributed by atoms with Gasteiger partial charge in [-0.1, -0.05) is 139 Å². The normalized spacial score (nSPS) is 14.3. The van der Waals surface area contributed by atoms with Gasteiger partial charge in [-0.3, -0.25) is 0 Å². The van der Waals surface area contributed by atoms with Gasteiger partial charge in [-0.25, -0.2) is 0 Å². The van der Waals surface area contributed by atoms with Crippen molar-refractivity contribution in [3.05, 3.63) is 175 Å². The molecule has 0 atom stereocenters. The number of benzene rings is 8. The summed E-state index contributed by atoms with van der Waals surface area (Å²) in [6, 6.07) is 61.4. The van der Waals surface area contributed by atoms with Gasteiger partial charge in [-0.2, -0.15) is 0 Å². The van der Waals surface area contributed by atoms with Gasteiger partial charge in [0.2, 0.25) is 0 Å². The van der Waals surface area contributed by atoms with Gasteiger partial charge in [0.05, 0.1) is 5.52 Å². The standard InChI is InChI=1S/C56H45B2N3O/c1-55(2,3)34-28-47-52-48(29-34)61-44-26-15-13-22-38(44)39-23-17-25-41(54(39)61)58(52)42-32-43-50(33-46(42)60(47)37-20-11-8-12-21-37)62-51-31-35(56(4,5)6)30-49-53(51)57(43)40-24-14-16-27-45(40)59(49)36-18-9-7-10-19-36/h7-33H,1-6H3. The summed E-state index contributed by atoms with van der Waals surface area (Å²) < 4.78 is 9.95. The Kier molecular flexibility index (Phi) is 7.13. The van der Waals surface area contributed by atoms with Crippen molar-refractivity contribution in [2.45, 2.75) is 52.4 Å². The highest BCUT2D eigenvalue weighted by Crippen LogP contribution is 2.47. The van der Waals surface area contributed by atoms with Crippen LogP contribution in [0, 0.1) is 0 Å². The van der Waals surface area contributed by atoms with E-state index in [9.17, 15) is 0 Å². The van der Waals surface area contributed by atoms with Gasteiger partial charge in [0.25, 0.3) is 13.4 Å². The Labute approximate surface area is 364 Å². The molecule has 0 spiro atoms. The molecule has 1 aromatic heterocycles. The highest BCUT2D eigenvalue weighted by molar-refractivity contribution is 7.02. The molecular weight excluding hydrogens is 752 g/mol. The zero-order chi connectivity index (χ0) is 41.8. The number of nitrogens with zero attached hydrogens (tertiary/aromatic N) is 3. The molecule has 6 heteroatoms. The fourth-order valence-corrected chi connectivity index (χ4v) is 11.2. The molecule has 13 rings (SSSR count). The molecule has 0 saturated heterocycles. The molecule has 0 N–H and O–H groups in total. The molecular formula is C56H45B2N3O.